The summed E-state index contributed by atoms with van der Waals surface area (Å²) in [5.74, 6) is -1.18. The number of pyridine rings is 1. The van der Waals surface area contributed by atoms with Gasteiger partial charge in [-0.15, -0.1) is 0 Å². The maximum atomic E-state index is 12.9. The molecule has 1 unspecified atom stereocenters. The van der Waals surface area contributed by atoms with Gasteiger partial charge in [-0.1, -0.05) is 30.3 Å². The molecule has 0 amide bonds. The first-order chi connectivity index (χ1) is 13.6. The largest absolute Gasteiger partial charge is 0.494 e. The van der Waals surface area contributed by atoms with Gasteiger partial charge in [0.15, 0.2) is 5.78 Å². The van der Waals surface area contributed by atoms with E-state index in [0.717, 1.165) is 22.4 Å². The minimum atomic E-state index is -0.943. The Bertz CT molecular complexity index is 1040. The molecular formula is C22H20N2O4. The van der Waals surface area contributed by atoms with Gasteiger partial charge >= 0.3 is 5.97 Å². The number of rotatable bonds is 5. The van der Waals surface area contributed by atoms with Crippen LogP contribution in [0, 0.1) is 5.92 Å². The fourth-order valence-electron chi connectivity index (χ4n) is 3.86. The zero-order chi connectivity index (χ0) is 19.7. The van der Waals surface area contributed by atoms with Crippen LogP contribution < -0.4 is 4.74 Å². The van der Waals surface area contributed by atoms with E-state index in [9.17, 15) is 14.7 Å². The van der Waals surface area contributed by atoms with Crippen molar-refractivity contribution in [2.75, 3.05) is 7.11 Å². The van der Waals surface area contributed by atoms with Gasteiger partial charge in [0.05, 0.1) is 24.9 Å². The molecule has 3 aromatic rings. The van der Waals surface area contributed by atoms with Crippen LogP contribution in [0.4, 0.5) is 0 Å². The number of nitrogens with zero attached hydrogens (tertiary/aromatic N) is 1. The maximum Gasteiger partial charge on any atom is 0.307 e. The Labute approximate surface area is 162 Å². The quantitative estimate of drug-likeness (QED) is 0.711. The van der Waals surface area contributed by atoms with Crippen molar-refractivity contribution in [1.82, 2.24) is 9.97 Å². The number of methoxy groups -OCH3 is 1. The van der Waals surface area contributed by atoms with Crippen molar-refractivity contribution in [1.29, 1.82) is 0 Å². The van der Waals surface area contributed by atoms with Gasteiger partial charge in [-0.3, -0.25) is 14.6 Å². The number of benzene rings is 1. The highest BCUT2D eigenvalue weighted by Gasteiger charge is 2.34. The molecule has 142 valence electrons. The van der Waals surface area contributed by atoms with Crippen LogP contribution in [0.3, 0.4) is 0 Å². The fourth-order valence-corrected chi connectivity index (χ4v) is 3.86. The molecule has 6 heteroatoms. The topological polar surface area (TPSA) is 92.3 Å². The number of hydrogen-bond donors (Lipinski definition) is 2. The highest BCUT2D eigenvalue weighted by atomic mass is 16.5. The van der Waals surface area contributed by atoms with E-state index in [4.69, 9.17) is 4.74 Å². The lowest BCUT2D eigenvalue weighted by Crippen LogP contribution is -2.26. The number of nitrogens with one attached hydrogen (secondary N) is 1. The zero-order valence-corrected chi connectivity index (χ0v) is 15.4. The third-order valence-electron chi connectivity index (χ3n) is 5.19. The smallest absolute Gasteiger partial charge is 0.307 e. The summed E-state index contributed by atoms with van der Waals surface area (Å²) >= 11 is 0. The van der Waals surface area contributed by atoms with E-state index in [2.05, 4.69) is 9.97 Å². The molecule has 0 saturated carbocycles. The van der Waals surface area contributed by atoms with Gasteiger partial charge in [0, 0.05) is 42.3 Å². The SMILES string of the molecule is COc1cnccc1-c1[nH]c2c(c1Cc1ccccc1)C(=O)CC(C(=O)O)C2. The first kappa shape index (κ1) is 18.0. The molecule has 28 heavy (non-hydrogen) atoms. The molecule has 1 aromatic carbocycles. The lowest BCUT2D eigenvalue weighted by atomic mass is 9.84. The first-order valence-electron chi connectivity index (χ1n) is 9.10. The Balaban J connectivity index is 1.89. The molecule has 1 aliphatic rings. The second kappa shape index (κ2) is 7.31. The van der Waals surface area contributed by atoms with E-state index in [1.54, 1.807) is 19.5 Å². The Kier molecular flexibility index (Phi) is 4.69. The molecule has 2 aromatic heterocycles. The molecule has 2 heterocycles. The number of Topliss-reactive ketones (excluding diaryl/α,β-unsaturated/α-hetero) is 1. The number of carboxylic acid groups (broad SMARTS) is 1. The second-order valence-electron chi connectivity index (χ2n) is 6.94. The molecule has 0 spiro atoms. The van der Waals surface area contributed by atoms with Crippen LogP contribution in [0.25, 0.3) is 11.3 Å². The summed E-state index contributed by atoms with van der Waals surface area (Å²) < 4.78 is 5.46. The zero-order valence-electron chi connectivity index (χ0n) is 15.4. The molecule has 0 aliphatic heterocycles. The Morgan fingerprint density at radius 3 is 2.75 bits per heavy atom. The van der Waals surface area contributed by atoms with Crippen LogP contribution in [0.15, 0.2) is 48.8 Å². The average Bonchev–Trinajstić information content (AvgIpc) is 3.07. The maximum absolute atomic E-state index is 12.9. The summed E-state index contributed by atoms with van der Waals surface area (Å²) in [5.41, 5.74) is 4.84. The molecule has 1 aliphatic carbocycles. The van der Waals surface area contributed by atoms with Crippen molar-refractivity contribution < 1.29 is 19.4 Å². The summed E-state index contributed by atoms with van der Waals surface area (Å²) in [5, 5.41) is 9.40. The van der Waals surface area contributed by atoms with E-state index in [1.165, 1.54) is 0 Å². The number of aromatic amines is 1. The van der Waals surface area contributed by atoms with Crippen LogP contribution in [0.2, 0.25) is 0 Å². The van der Waals surface area contributed by atoms with Crippen LogP contribution in [-0.4, -0.2) is 33.9 Å². The third-order valence-corrected chi connectivity index (χ3v) is 5.19. The molecular weight excluding hydrogens is 356 g/mol. The highest BCUT2D eigenvalue weighted by molar-refractivity contribution is 6.03. The average molecular weight is 376 g/mol. The predicted molar refractivity (Wildman–Crippen MR) is 104 cm³/mol. The molecule has 2 N–H and O–H groups in total. The van der Waals surface area contributed by atoms with Gasteiger partial charge in [0.2, 0.25) is 0 Å². The molecule has 0 fully saturated rings. The van der Waals surface area contributed by atoms with Crippen molar-refractivity contribution in [3.05, 3.63) is 71.2 Å². The summed E-state index contributed by atoms with van der Waals surface area (Å²) in [6.07, 6.45) is 4.20. The summed E-state index contributed by atoms with van der Waals surface area (Å²) in [4.78, 5) is 31.8. The molecule has 6 nitrogen and oxygen atoms in total. The van der Waals surface area contributed by atoms with E-state index >= 15 is 0 Å². The number of H-pyrrole nitrogens is 1. The molecule has 0 radical (unpaired) electrons. The monoisotopic (exact) mass is 376 g/mol. The summed E-state index contributed by atoms with van der Waals surface area (Å²) in [7, 11) is 1.58. The third kappa shape index (κ3) is 3.17. The van der Waals surface area contributed by atoms with Crippen molar-refractivity contribution in [2.45, 2.75) is 19.3 Å². The van der Waals surface area contributed by atoms with E-state index in [1.807, 2.05) is 36.4 Å². The standard InChI is InChI=1S/C22H20N2O4/c1-28-19-12-23-8-7-15(19)21-16(9-13-5-3-2-4-6-13)20-17(24-21)10-14(22(26)27)11-18(20)25/h2-8,12,14,24H,9-11H2,1H3,(H,26,27). The molecule has 4 rings (SSSR count). The van der Waals surface area contributed by atoms with Gasteiger partial charge < -0.3 is 14.8 Å². The number of fused-ring (bicyclic) bond motifs is 1. The van der Waals surface area contributed by atoms with Crippen molar-refractivity contribution in [3.63, 3.8) is 0 Å². The van der Waals surface area contributed by atoms with Gasteiger partial charge in [0.25, 0.3) is 0 Å². The van der Waals surface area contributed by atoms with Crippen LogP contribution in [-0.2, 0) is 17.6 Å². The van der Waals surface area contributed by atoms with Gasteiger partial charge in [0.1, 0.15) is 5.75 Å². The summed E-state index contributed by atoms with van der Waals surface area (Å²) in [6.45, 7) is 0. The van der Waals surface area contributed by atoms with Crippen LogP contribution in [0.1, 0.15) is 33.6 Å². The predicted octanol–water partition coefficient (Wildman–Crippen LogP) is 3.51. The van der Waals surface area contributed by atoms with Crippen molar-refractivity contribution in [3.8, 4) is 17.0 Å². The van der Waals surface area contributed by atoms with Gasteiger partial charge in [-0.05, 0) is 17.2 Å². The minimum Gasteiger partial charge on any atom is -0.494 e. The van der Waals surface area contributed by atoms with E-state index in [0.29, 0.717) is 29.8 Å². The lowest BCUT2D eigenvalue weighted by molar-refractivity contribution is -0.141. The Hall–Kier alpha value is -3.41. The molecule has 1 atom stereocenters. The molecule has 0 saturated heterocycles. The second-order valence-corrected chi connectivity index (χ2v) is 6.94. The fraction of sp³-hybridized carbons (Fsp3) is 0.227. The number of aliphatic carboxylic acids is 1. The van der Waals surface area contributed by atoms with Crippen molar-refractivity contribution >= 4 is 11.8 Å². The number of hydrogen-bond acceptors (Lipinski definition) is 4. The van der Waals surface area contributed by atoms with Crippen molar-refractivity contribution in [2.24, 2.45) is 5.92 Å². The lowest BCUT2D eigenvalue weighted by Gasteiger charge is -2.18. The Morgan fingerprint density at radius 2 is 2.04 bits per heavy atom. The number of ether oxygens (including phenoxy) is 1. The number of carbonyl (C=O) groups is 2. The summed E-state index contributed by atoms with van der Waals surface area (Å²) in [6, 6.07) is 11.7. The number of carbonyl (C=O) groups excluding carboxylic acids is 1. The number of carboxylic acids is 1. The van der Waals surface area contributed by atoms with E-state index in [-0.39, 0.29) is 12.2 Å². The normalized spacial score (nSPS) is 15.9. The first-order valence-corrected chi connectivity index (χ1v) is 9.10. The van der Waals surface area contributed by atoms with E-state index < -0.39 is 11.9 Å². The highest BCUT2D eigenvalue weighted by Crippen LogP contribution is 2.38. The van der Waals surface area contributed by atoms with Gasteiger partial charge in [-0.2, -0.15) is 0 Å². The van der Waals surface area contributed by atoms with Gasteiger partial charge in [-0.25, -0.2) is 0 Å². The minimum absolute atomic E-state index is 0.0227. The number of ketones is 1. The van der Waals surface area contributed by atoms with Crippen LogP contribution >= 0.6 is 0 Å². The molecule has 0 bridgehead atoms. The number of aromatic nitrogens is 2. The van der Waals surface area contributed by atoms with Crippen LogP contribution in [0.5, 0.6) is 5.75 Å². The Morgan fingerprint density at radius 1 is 1.25 bits per heavy atom.